The highest BCUT2D eigenvalue weighted by molar-refractivity contribution is 5.76. The van der Waals surface area contributed by atoms with E-state index in [2.05, 4.69) is 24.1 Å². The molecule has 1 aliphatic carbocycles. The van der Waals surface area contributed by atoms with Crippen molar-refractivity contribution in [3.63, 3.8) is 0 Å². The third kappa shape index (κ3) is 1.82. The summed E-state index contributed by atoms with van der Waals surface area (Å²) in [5.74, 6) is 1.06. The van der Waals surface area contributed by atoms with E-state index in [1.54, 1.807) is 0 Å². The minimum atomic E-state index is -0.118. The summed E-state index contributed by atoms with van der Waals surface area (Å²) in [6.45, 7) is 4.87. The molecule has 2 heterocycles. The van der Waals surface area contributed by atoms with Crippen molar-refractivity contribution in [2.45, 2.75) is 57.8 Å². The van der Waals surface area contributed by atoms with Crippen LogP contribution in [0.25, 0.3) is 0 Å². The zero-order chi connectivity index (χ0) is 12.0. The van der Waals surface area contributed by atoms with Gasteiger partial charge in [0.1, 0.15) is 6.23 Å². The molecule has 0 aromatic carbocycles. The number of hydrogen-bond acceptors (Lipinski definition) is 2. The van der Waals surface area contributed by atoms with E-state index in [1.165, 1.54) is 19.3 Å². The van der Waals surface area contributed by atoms with E-state index in [-0.39, 0.29) is 12.3 Å². The fourth-order valence-electron chi connectivity index (χ4n) is 3.67. The molecule has 4 heteroatoms. The number of carbonyl (C=O) groups is 1. The maximum atomic E-state index is 12.3. The quantitative estimate of drug-likeness (QED) is 0.758. The molecule has 17 heavy (non-hydrogen) atoms. The lowest BCUT2D eigenvalue weighted by molar-refractivity contribution is 0.00565. The summed E-state index contributed by atoms with van der Waals surface area (Å²) in [6.07, 6.45) is 4.77. The van der Waals surface area contributed by atoms with Crippen LogP contribution in [-0.2, 0) is 4.74 Å². The summed E-state index contributed by atoms with van der Waals surface area (Å²) in [7, 11) is 0. The number of nitrogens with zero attached hydrogens (tertiary/aromatic N) is 1. The van der Waals surface area contributed by atoms with Crippen molar-refractivity contribution in [2.24, 2.45) is 11.8 Å². The van der Waals surface area contributed by atoms with E-state index in [9.17, 15) is 4.79 Å². The summed E-state index contributed by atoms with van der Waals surface area (Å²) in [5, 5.41) is 3.03. The van der Waals surface area contributed by atoms with Crippen LogP contribution in [0.4, 0.5) is 4.79 Å². The largest absolute Gasteiger partial charge is 0.356 e. The van der Waals surface area contributed by atoms with E-state index < -0.39 is 0 Å². The summed E-state index contributed by atoms with van der Waals surface area (Å²) >= 11 is 0. The molecule has 3 rings (SSSR count). The standard InChI is InChI=1S/C13H22N2O2/c1-8(2)12-14-13(16)15-10(7-17-12)6-9-4-3-5-11(9)15/h8-12H,3-7H2,1-2H3,(H,14,16)/t9-,10-,11-,12+/m1/s1. The molecule has 0 radical (unpaired) electrons. The molecule has 1 saturated carbocycles. The van der Waals surface area contributed by atoms with Gasteiger partial charge in [0, 0.05) is 6.04 Å². The molecular weight excluding hydrogens is 216 g/mol. The van der Waals surface area contributed by atoms with Gasteiger partial charge in [0.25, 0.3) is 0 Å². The van der Waals surface area contributed by atoms with Crippen LogP contribution in [0.1, 0.15) is 39.5 Å². The van der Waals surface area contributed by atoms with Crippen molar-refractivity contribution in [1.29, 1.82) is 0 Å². The highest BCUT2D eigenvalue weighted by Crippen LogP contribution is 2.42. The van der Waals surface area contributed by atoms with Crippen LogP contribution in [0, 0.1) is 11.8 Å². The van der Waals surface area contributed by atoms with Crippen LogP contribution in [-0.4, -0.2) is 35.8 Å². The summed E-state index contributed by atoms with van der Waals surface area (Å²) in [6, 6.07) is 0.893. The van der Waals surface area contributed by atoms with E-state index in [0.717, 1.165) is 12.3 Å². The second kappa shape index (κ2) is 4.16. The Balaban J connectivity index is 1.77. The van der Waals surface area contributed by atoms with Crippen LogP contribution >= 0.6 is 0 Å². The van der Waals surface area contributed by atoms with E-state index >= 15 is 0 Å². The molecule has 0 unspecified atom stereocenters. The topological polar surface area (TPSA) is 41.6 Å². The number of carbonyl (C=O) groups excluding carboxylic acids is 1. The van der Waals surface area contributed by atoms with Gasteiger partial charge in [-0.2, -0.15) is 0 Å². The molecule has 0 bridgehead atoms. The number of amides is 2. The molecular formula is C13H22N2O2. The number of ether oxygens (including phenoxy) is 1. The Bertz CT molecular complexity index is 319. The molecule has 3 fully saturated rings. The molecule has 0 spiro atoms. The Morgan fingerprint density at radius 3 is 3.00 bits per heavy atom. The van der Waals surface area contributed by atoms with Gasteiger partial charge < -0.3 is 15.0 Å². The summed E-state index contributed by atoms with van der Waals surface area (Å²) in [5.41, 5.74) is 0. The van der Waals surface area contributed by atoms with Crippen LogP contribution in [0.3, 0.4) is 0 Å². The molecule has 3 aliphatic rings. The number of urea groups is 1. The Labute approximate surface area is 103 Å². The normalized spacial score (nSPS) is 41.1. The summed E-state index contributed by atoms with van der Waals surface area (Å²) in [4.78, 5) is 14.4. The van der Waals surface area contributed by atoms with Gasteiger partial charge in [0.05, 0.1) is 12.6 Å². The van der Waals surface area contributed by atoms with Crippen molar-refractivity contribution in [1.82, 2.24) is 10.2 Å². The first-order valence-corrected chi connectivity index (χ1v) is 6.87. The van der Waals surface area contributed by atoms with Crippen molar-refractivity contribution < 1.29 is 9.53 Å². The van der Waals surface area contributed by atoms with Crippen molar-refractivity contribution in [3.05, 3.63) is 0 Å². The van der Waals surface area contributed by atoms with Crippen molar-refractivity contribution in [2.75, 3.05) is 6.61 Å². The minimum Gasteiger partial charge on any atom is -0.356 e. The van der Waals surface area contributed by atoms with Crippen LogP contribution in [0.2, 0.25) is 0 Å². The molecule has 2 aliphatic heterocycles. The third-order valence-corrected chi connectivity index (χ3v) is 4.52. The molecule has 2 saturated heterocycles. The Morgan fingerprint density at radius 2 is 2.24 bits per heavy atom. The maximum Gasteiger partial charge on any atom is 0.320 e. The smallest absolute Gasteiger partial charge is 0.320 e. The predicted molar refractivity (Wildman–Crippen MR) is 64.5 cm³/mol. The van der Waals surface area contributed by atoms with Gasteiger partial charge in [0.2, 0.25) is 0 Å². The SMILES string of the molecule is CC(C)[C@H]1NC(=O)N2[C@@H](CO1)C[C@H]1CCC[C@H]12. The lowest BCUT2D eigenvalue weighted by Gasteiger charge is -2.27. The van der Waals surface area contributed by atoms with E-state index in [0.29, 0.717) is 24.6 Å². The molecule has 4 atom stereocenters. The summed E-state index contributed by atoms with van der Waals surface area (Å²) < 4.78 is 5.84. The number of hydrogen-bond donors (Lipinski definition) is 1. The molecule has 0 aromatic heterocycles. The zero-order valence-corrected chi connectivity index (χ0v) is 10.7. The van der Waals surface area contributed by atoms with Gasteiger partial charge in [-0.3, -0.25) is 0 Å². The second-order valence-electron chi connectivity index (χ2n) is 6.00. The Hall–Kier alpha value is -0.770. The van der Waals surface area contributed by atoms with E-state index in [1.807, 2.05) is 0 Å². The van der Waals surface area contributed by atoms with Crippen molar-refractivity contribution in [3.8, 4) is 0 Å². The monoisotopic (exact) mass is 238 g/mol. The molecule has 4 nitrogen and oxygen atoms in total. The molecule has 0 aromatic rings. The highest BCUT2D eigenvalue weighted by atomic mass is 16.5. The second-order valence-corrected chi connectivity index (χ2v) is 6.00. The number of nitrogens with one attached hydrogen (secondary N) is 1. The van der Waals surface area contributed by atoms with Gasteiger partial charge in [-0.1, -0.05) is 20.3 Å². The van der Waals surface area contributed by atoms with Crippen molar-refractivity contribution >= 4 is 6.03 Å². The fourth-order valence-corrected chi connectivity index (χ4v) is 3.67. The first-order valence-electron chi connectivity index (χ1n) is 6.87. The third-order valence-electron chi connectivity index (χ3n) is 4.52. The molecule has 2 amide bonds. The van der Waals surface area contributed by atoms with Gasteiger partial charge in [0.15, 0.2) is 0 Å². The molecule has 1 N–H and O–H groups in total. The number of fused-ring (bicyclic) bond motifs is 3. The highest BCUT2D eigenvalue weighted by Gasteiger charge is 2.47. The first-order chi connectivity index (χ1) is 8.16. The lowest BCUT2D eigenvalue weighted by atomic mass is 10.0. The van der Waals surface area contributed by atoms with Crippen LogP contribution in [0.5, 0.6) is 0 Å². The predicted octanol–water partition coefficient (Wildman–Crippen LogP) is 1.95. The van der Waals surface area contributed by atoms with Crippen LogP contribution < -0.4 is 5.32 Å². The van der Waals surface area contributed by atoms with Gasteiger partial charge in [-0.05, 0) is 31.1 Å². The maximum absolute atomic E-state index is 12.3. The minimum absolute atomic E-state index is 0.0978. The van der Waals surface area contributed by atoms with E-state index in [4.69, 9.17) is 4.74 Å². The van der Waals surface area contributed by atoms with Gasteiger partial charge >= 0.3 is 6.03 Å². The molecule has 96 valence electrons. The zero-order valence-electron chi connectivity index (χ0n) is 10.7. The first kappa shape index (κ1) is 11.3. The fraction of sp³-hybridized carbons (Fsp3) is 0.923. The van der Waals surface area contributed by atoms with Crippen LogP contribution in [0.15, 0.2) is 0 Å². The van der Waals surface area contributed by atoms with Gasteiger partial charge in [-0.15, -0.1) is 0 Å². The average molecular weight is 238 g/mol. The Kier molecular flexibility index (Phi) is 2.77. The Morgan fingerprint density at radius 1 is 1.41 bits per heavy atom. The number of rotatable bonds is 1. The van der Waals surface area contributed by atoms with Gasteiger partial charge in [-0.25, -0.2) is 4.79 Å². The average Bonchev–Trinajstić information content (AvgIpc) is 2.78. The lowest BCUT2D eigenvalue weighted by Crippen LogP contribution is -2.48.